The molecule has 9 heteroatoms. The Morgan fingerprint density at radius 2 is 2.06 bits per heavy atom. The van der Waals surface area contributed by atoms with Crippen molar-refractivity contribution >= 4 is 5.91 Å². The summed E-state index contributed by atoms with van der Waals surface area (Å²) >= 11 is 0. The SMILES string of the molecule is C[C@@H](NC(=O)C1(C)CCc2nc(C(C)(C)C(F)(F)F)ccc2C1)c1cnn2c1OCCC2. The second kappa shape index (κ2) is 7.78. The van der Waals surface area contributed by atoms with Crippen LogP contribution in [0.2, 0.25) is 0 Å². The monoisotopic (exact) mass is 450 g/mol. The van der Waals surface area contributed by atoms with Gasteiger partial charge in [0, 0.05) is 18.7 Å². The van der Waals surface area contributed by atoms with Gasteiger partial charge in [-0.1, -0.05) is 13.0 Å². The maximum atomic E-state index is 13.4. The van der Waals surface area contributed by atoms with Gasteiger partial charge < -0.3 is 10.1 Å². The third kappa shape index (κ3) is 3.86. The van der Waals surface area contributed by atoms with E-state index in [2.05, 4.69) is 15.4 Å². The molecule has 0 saturated carbocycles. The number of carbonyl (C=O) groups excluding carboxylic acids is 1. The smallest absolute Gasteiger partial charge is 0.399 e. The predicted octanol–water partition coefficient (Wildman–Crippen LogP) is 4.27. The molecule has 1 aliphatic heterocycles. The number of hydrogen-bond acceptors (Lipinski definition) is 4. The Morgan fingerprint density at radius 3 is 2.78 bits per heavy atom. The maximum absolute atomic E-state index is 13.4. The van der Waals surface area contributed by atoms with Gasteiger partial charge in [0.25, 0.3) is 0 Å². The summed E-state index contributed by atoms with van der Waals surface area (Å²) < 4.78 is 47.8. The van der Waals surface area contributed by atoms with Gasteiger partial charge in [0.15, 0.2) is 0 Å². The van der Waals surface area contributed by atoms with E-state index in [1.54, 1.807) is 12.3 Å². The molecule has 0 radical (unpaired) electrons. The van der Waals surface area contributed by atoms with Crippen LogP contribution < -0.4 is 10.1 Å². The van der Waals surface area contributed by atoms with Crippen LogP contribution in [0.5, 0.6) is 5.88 Å². The van der Waals surface area contributed by atoms with E-state index >= 15 is 0 Å². The van der Waals surface area contributed by atoms with Crippen LogP contribution in [0, 0.1) is 5.41 Å². The van der Waals surface area contributed by atoms with Crippen LogP contribution in [0.15, 0.2) is 18.3 Å². The molecule has 2 aliphatic rings. The zero-order valence-corrected chi connectivity index (χ0v) is 18.8. The number of pyridine rings is 1. The molecular formula is C23H29F3N4O2. The Balaban J connectivity index is 1.49. The molecule has 0 fully saturated rings. The third-order valence-corrected chi connectivity index (χ3v) is 6.84. The molecule has 3 heterocycles. The van der Waals surface area contributed by atoms with Gasteiger partial charge in [-0.25, -0.2) is 4.68 Å². The highest BCUT2D eigenvalue weighted by atomic mass is 19.4. The fourth-order valence-corrected chi connectivity index (χ4v) is 4.33. The largest absolute Gasteiger partial charge is 0.478 e. The van der Waals surface area contributed by atoms with Gasteiger partial charge in [0.2, 0.25) is 11.8 Å². The summed E-state index contributed by atoms with van der Waals surface area (Å²) in [6.45, 7) is 7.51. The minimum Gasteiger partial charge on any atom is -0.478 e. The summed E-state index contributed by atoms with van der Waals surface area (Å²) in [4.78, 5) is 17.6. The minimum absolute atomic E-state index is 0.0106. The van der Waals surface area contributed by atoms with E-state index in [0.717, 1.165) is 37.9 Å². The third-order valence-electron chi connectivity index (χ3n) is 6.84. The Morgan fingerprint density at radius 1 is 1.31 bits per heavy atom. The molecule has 2 aromatic heterocycles. The number of carbonyl (C=O) groups is 1. The Kier molecular flexibility index (Phi) is 5.49. The lowest BCUT2D eigenvalue weighted by Gasteiger charge is -2.35. The maximum Gasteiger partial charge on any atom is 0.399 e. The number of halogens is 3. The zero-order valence-electron chi connectivity index (χ0n) is 18.8. The van der Waals surface area contributed by atoms with Crippen LogP contribution >= 0.6 is 0 Å². The molecule has 1 unspecified atom stereocenters. The van der Waals surface area contributed by atoms with Crippen LogP contribution in [0.3, 0.4) is 0 Å². The number of amides is 1. The Hall–Kier alpha value is -2.58. The molecule has 1 amide bonds. The Bertz CT molecular complexity index is 1030. The average molecular weight is 451 g/mol. The number of rotatable bonds is 4. The van der Waals surface area contributed by atoms with E-state index in [0.29, 0.717) is 37.4 Å². The highest BCUT2D eigenvalue weighted by Gasteiger charge is 2.50. The van der Waals surface area contributed by atoms with Crippen LogP contribution in [0.4, 0.5) is 13.2 Å². The summed E-state index contributed by atoms with van der Waals surface area (Å²) in [5.74, 6) is 0.610. The second-order valence-corrected chi connectivity index (χ2v) is 9.69. The summed E-state index contributed by atoms with van der Waals surface area (Å²) in [6.07, 6.45) is -0.334. The molecule has 32 heavy (non-hydrogen) atoms. The summed E-state index contributed by atoms with van der Waals surface area (Å²) in [7, 11) is 0. The molecule has 2 atom stereocenters. The standard InChI is InChI=1S/C23H29F3N4O2/c1-14(16-13-27-30-10-5-11-32-19(16)30)28-20(31)22(4)9-8-17-15(12-22)6-7-18(29-17)21(2,3)23(24,25)26/h6-7,13-14H,5,8-12H2,1-4H3,(H,28,31)/t14-,22?/m1/s1. The van der Waals surface area contributed by atoms with Crippen molar-refractivity contribution < 1.29 is 22.7 Å². The summed E-state index contributed by atoms with van der Waals surface area (Å²) in [5, 5.41) is 7.43. The molecule has 0 spiro atoms. The van der Waals surface area contributed by atoms with E-state index in [1.165, 1.54) is 6.07 Å². The van der Waals surface area contributed by atoms with Gasteiger partial charge >= 0.3 is 6.18 Å². The van der Waals surface area contributed by atoms with Crippen molar-refractivity contribution in [3.8, 4) is 5.88 Å². The normalized spacial score (nSPS) is 21.8. The molecule has 0 aromatic carbocycles. The van der Waals surface area contributed by atoms with Crippen LogP contribution in [-0.2, 0) is 29.6 Å². The second-order valence-electron chi connectivity index (χ2n) is 9.69. The van der Waals surface area contributed by atoms with Crippen molar-refractivity contribution in [3.63, 3.8) is 0 Å². The van der Waals surface area contributed by atoms with Gasteiger partial charge in [-0.2, -0.15) is 18.3 Å². The van der Waals surface area contributed by atoms with E-state index in [4.69, 9.17) is 4.74 Å². The van der Waals surface area contributed by atoms with Crippen LogP contribution in [-0.4, -0.2) is 33.5 Å². The Labute approximate surface area is 185 Å². The van der Waals surface area contributed by atoms with Crippen LogP contribution in [0.1, 0.15) is 69.1 Å². The predicted molar refractivity (Wildman–Crippen MR) is 112 cm³/mol. The first-order valence-corrected chi connectivity index (χ1v) is 11.0. The van der Waals surface area contributed by atoms with E-state index in [-0.39, 0.29) is 17.6 Å². The van der Waals surface area contributed by atoms with Gasteiger partial charge in [-0.05, 0) is 51.7 Å². The molecule has 6 nitrogen and oxygen atoms in total. The fourth-order valence-electron chi connectivity index (χ4n) is 4.33. The minimum atomic E-state index is -4.38. The van der Waals surface area contributed by atoms with Crippen LogP contribution in [0.25, 0.3) is 0 Å². The van der Waals surface area contributed by atoms with Crippen molar-refractivity contribution in [2.45, 2.75) is 77.6 Å². The van der Waals surface area contributed by atoms with Gasteiger partial charge in [0.05, 0.1) is 35.5 Å². The molecule has 0 bridgehead atoms. The van der Waals surface area contributed by atoms with E-state index < -0.39 is 17.0 Å². The van der Waals surface area contributed by atoms with Crippen molar-refractivity contribution in [1.29, 1.82) is 0 Å². The zero-order chi connectivity index (χ0) is 23.3. The molecule has 0 saturated heterocycles. The molecule has 2 aromatic rings. The number of alkyl halides is 3. The average Bonchev–Trinajstić information content (AvgIpc) is 3.16. The number of ether oxygens (including phenoxy) is 1. The van der Waals surface area contributed by atoms with Crippen molar-refractivity contribution in [2.75, 3.05) is 6.61 Å². The topological polar surface area (TPSA) is 69.0 Å². The summed E-state index contributed by atoms with van der Waals surface area (Å²) in [5.41, 5.74) is -0.359. The first kappa shape index (κ1) is 22.6. The first-order valence-electron chi connectivity index (χ1n) is 11.0. The lowest BCUT2D eigenvalue weighted by molar-refractivity contribution is -0.181. The van der Waals surface area contributed by atoms with E-state index in [1.807, 2.05) is 18.5 Å². The molecule has 4 rings (SSSR count). The quantitative estimate of drug-likeness (QED) is 0.755. The number of aromatic nitrogens is 3. The van der Waals surface area contributed by atoms with Crippen molar-refractivity contribution in [2.24, 2.45) is 5.41 Å². The highest BCUT2D eigenvalue weighted by Crippen LogP contribution is 2.42. The summed E-state index contributed by atoms with van der Waals surface area (Å²) in [6, 6.07) is 2.87. The molecule has 174 valence electrons. The van der Waals surface area contributed by atoms with E-state index in [9.17, 15) is 18.0 Å². The number of aryl methyl sites for hydroxylation is 2. The van der Waals surface area contributed by atoms with Crippen molar-refractivity contribution in [1.82, 2.24) is 20.1 Å². The highest BCUT2D eigenvalue weighted by molar-refractivity contribution is 5.83. The number of nitrogens with one attached hydrogen (secondary N) is 1. The van der Waals surface area contributed by atoms with Gasteiger partial charge in [-0.3, -0.25) is 9.78 Å². The first-order chi connectivity index (χ1) is 14.9. The molecule has 1 aliphatic carbocycles. The van der Waals surface area contributed by atoms with Gasteiger partial charge in [-0.15, -0.1) is 0 Å². The number of fused-ring (bicyclic) bond motifs is 2. The lowest BCUT2D eigenvalue weighted by Crippen LogP contribution is -2.44. The van der Waals surface area contributed by atoms with Crippen molar-refractivity contribution in [3.05, 3.63) is 40.8 Å². The molecular weight excluding hydrogens is 421 g/mol. The number of hydrogen-bond donors (Lipinski definition) is 1. The number of nitrogens with zero attached hydrogens (tertiary/aromatic N) is 3. The van der Waals surface area contributed by atoms with Gasteiger partial charge in [0.1, 0.15) is 5.41 Å². The fraction of sp³-hybridized carbons (Fsp3) is 0.609. The molecule has 1 N–H and O–H groups in total. The lowest BCUT2D eigenvalue weighted by atomic mass is 9.73.